The highest BCUT2D eigenvalue weighted by Crippen LogP contribution is 2.39. The third-order valence-electron chi connectivity index (χ3n) is 5.48. The molecule has 0 spiro atoms. The normalized spacial score (nSPS) is 16.5. The molecule has 37 heavy (non-hydrogen) atoms. The lowest BCUT2D eigenvalue weighted by Crippen LogP contribution is -2.32. The molecule has 1 amide bonds. The minimum absolute atomic E-state index is 0.203. The highest BCUT2D eigenvalue weighted by molar-refractivity contribution is 8.18. The summed E-state index contributed by atoms with van der Waals surface area (Å²) in [5.74, 6) is 0.591. The average Bonchev–Trinajstić information content (AvgIpc) is 3.39. The molecule has 2 aromatic carbocycles. The number of thioether (sulfide) groups is 1. The Morgan fingerprint density at radius 1 is 1.11 bits per heavy atom. The van der Waals surface area contributed by atoms with Crippen LogP contribution in [0.15, 0.2) is 68.9 Å². The number of carbonyl (C=O) groups excluding carboxylic acids is 1. The van der Waals surface area contributed by atoms with Crippen molar-refractivity contribution in [2.24, 2.45) is 10.9 Å². The lowest BCUT2D eigenvalue weighted by Gasteiger charge is -2.18. The fourth-order valence-electron chi connectivity index (χ4n) is 3.66. The molecule has 10 heteroatoms. The first kappa shape index (κ1) is 26.9. The van der Waals surface area contributed by atoms with Crippen LogP contribution >= 0.6 is 23.4 Å². The minimum Gasteiger partial charge on any atom is -0.457 e. The SMILES string of the molecule is CC(C)CN1C(=O)C(=Cc2ccc(-c3ccc(Cl)c(C(F)(F)F)c3)o2)SC1=Nc1ccc(N(C)C)cc1. The van der Waals surface area contributed by atoms with Crippen LogP contribution in [-0.2, 0) is 11.0 Å². The molecular weight excluding hydrogens is 523 g/mol. The smallest absolute Gasteiger partial charge is 0.417 e. The summed E-state index contributed by atoms with van der Waals surface area (Å²) in [7, 11) is 3.91. The van der Waals surface area contributed by atoms with E-state index in [4.69, 9.17) is 21.0 Å². The number of carbonyl (C=O) groups is 1. The maximum atomic E-state index is 13.3. The van der Waals surface area contributed by atoms with Gasteiger partial charge in [0, 0.05) is 38.0 Å². The number of rotatable bonds is 6. The van der Waals surface area contributed by atoms with Gasteiger partial charge in [0.2, 0.25) is 0 Å². The summed E-state index contributed by atoms with van der Waals surface area (Å²) in [6.45, 7) is 4.53. The Balaban J connectivity index is 1.63. The highest BCUT2D eigenvalue weighted by atomic mass is 35.5. The zero-order chi connectivity index (χ0) is 26.9. The van der Waals surface area contributed by atoms with Crippen LogP contribution in [-0.4, -0.2) is 36.6 Å². The number of amidine groups is 1. The third kappa shape index (κ3) is 6.22. The molecule has 1 fully saturated rings. The molecule has 1 aliphatic rings. The number of furan rings is 1. The largest absolute Gasteiger partial charge is 0.457 e. The van der Waals surface area contributed by atoms with E-state index in [-0.39, 0.29) is 28.2 Å². The Kier molecular flexibility index (Phi) is 7.75. The summed E-state index contributed by atoms with van der Waals surface area (Å²) >= 11 is 6.96. The van der Waals surface area contributed by atoms with E-state index in [1.807, 2.05) is 57.1 Å². The van der Waals surface area contributed by atoms with Crippen LogP contribution in [0.4, 0.5) is 24.5 Å². The first-order valence-corrected chi connectivity index (χ1v) is 12.7. The summed E-state index contributed by atoms with van der Waals surface area (Å²) in [4.78, 5) is 22.0. The summed E-state index contributed by atoms with van der Waals surface area (Å²) < 4.78 is 45.5. The zero-order valence-corrected chi connectivity index (χ0v) is 22.2. The molecule has 194 valence electrons. The Bertz CT molecular complexity index is 1360. The number of benzene rings is 2. The van der Waals surface area contributed by atoms with Crippen molar-refractivity contribution >= 4 is 51.9 Å². The molecule has 0 N–H and O–H groups in total. The zero-order valence-electron chi connectivity index (χ0n) is 20.6. The van der Waals surface area contributed by atoms with E-state index in [0.29, 0.717) is 22.4 Å². The maximum Gasteiger partial charge on any atom is 0.417 e. The van der Waals surface area contributed by atoms with Crippen LogP contribution in [0.3, 0.4) is 0 Å². The second-order valence-corrected chi connectivity index (χ2v) is 10.5. The Morgan fingerprint density at radius 2 is 1.81 bits per heavy atom. The van der Waals surface area contributed by atoms with Gasteiger partial charge in [-0.2, -0.15) is 13.2 Å². The third-order valence-corrected chi connectivity index (χ3v) is 6.82. The van der Waals surface area contributed by atoms with Crippen LogP contribution in [0.25, 0.3) is 17.4 Å². The molecule has 1 saturated heterocycles. The van der Waals surface area contributed by atoms with Crippen LogP contribution in [0, 0.1) is 5.92 Å². The van der Waals surface area contributed by atoms with Crippen molar-refractivity contribution in [2.75, 3.05) is 25.5 Å². The van der Waals surface area contributed by atoms with Gasteiger partial charge in [0.1, 0.15) is 11.5 Å². The molecule has 2 heterocycles. The lowest BCUT2D eigenvalue weighted by molar-refractivity contribution is -0.137. The number of amides is 1. The molecular formula is C27H25ClF3N3O2S. The molecule has 4 rings (SSSR count). The van der Waals surface area contributed by atoms with Gasteiger partial charge in [0.15, 0.2) is 5.17 Å². The van der Waals surface area contributed by atoms with Crippen molar-refractivity contribution in [3.05, 3.63) is 75.8 Å². The first-order valence-electron chi connectivity index (χ1n) is 11.5. The van der Waals surface area contributed by atoms with Crippen molar-refractivity contribution < 1.29 is 22.4 Å². The van der Waals surface area contributed by atoms with Gasteiger partial charge in [-0.15, -0.1) is 0 Å². The predicted molar refractivity (Wildman–Crippen MR) is 144 cm³/mol. The van der Waals surface area contributed by atoms with E-state index in [2.05, 4.69) is 0 Å². The summed E-state index contributed by atoms with van der Waals surface area (Å²) in [5.41, 5.74) is 1.06. The summed E-state index contributed by atoms with van der Waals surface area (Å²) in [6.07, 6.45) is -3.00. The molecule has 0 aliphatic carbocycles. The first-order chi connectivity index (χ1) is 17.4. The van der Waals surface area contributed by atoms with E-state index >= 15 is 0 Å². The van der Waals surface area contributed by atoms with E-state index < -0.39 is 11.7 Å². The number of aliphatic imine (C=N–C) groups is 1. The van der Waals surface area contributed by atoms with Crippen LogP contribution in [0.1, 0.15) is 25.2 Å². The molecule has 0 unspecified atom stereocenters. The second-order valence-electron chi connectivity index (χ2n) is 9.12. The van der Waals surface area contributed by atoms with E-state index in [1.54, 1.807) is 23.1 Å². The number of nitrogens with zero attached hydrogens (tertiary/aromatic N) is 3. The number of hydrogen-bond donors (Lipinski definition) is 0. The van der Waals surface area contributed by atoms with E-state index in [0.717, 1.165) is 17.4 Å². The van der Waals surface area contributed by atoms with Crippen molar-refractivity contribution in [3.63, 3.8) is 0 Å². The van der Waals surface area contributed by atoms with Crippen LogP contribution in [0.5, 0.6) is 0 Å². The van der Waals surface area contributed by atoms with E-state index in [1.165, 1.54) is 23.9 Å². The van der Waals surface area contributed by atoms with Crippen molar-refractivity contribution in [3.8, 4) is 11.3 Å². The number of hydrogen-bond acceptors (Lipinski definition) is 5. The molecule has 1 aromatic heterocycles. The predicted octanol–water partition coefficient (Wildman–Crippen LogP) is 7.94. The minimum atomic E-state index is -4.58. The van der Waals surface area contributed by atoms with Crippen molar-refractivity contribution in [1.29, 1.82) is 0 Å². The average molecular weight is 548 g/mol. The fourth-order valence-corrected chi connectivity index (χ4v) is 4.88. The van der Waals surface area contributed by atoms with Gasteiger partial charge < -0.3 is 9.32 Å². The fraction of sp³-hybridized carbons (Fsp3) is 0.259. The van der Waals surface area contributed by atoms with Gasteiger partial charge in [-0.3, -0.25) is 9.69 Å². The molecule has 5 nitrogen and oxygen atoms in total. The molecule has 3 aromatic rings. The topological polar surface area (TPSA) is 49.1 Å². The molecule has 0 atom stereocenters. The van der Waals surface area contributed by atoms with E-state index in [9.17, 15) is 18.0 Å². The summed E-state index contributed by atoms with van der Waals surface area (Å²) in [5, 5.41) is 0.174. The van der Waals surface area contributed by atoms with Crippen molar-refractivity contribution in [2.45, 2.75) is 20.0 Å². The van der Waals surface area contributed by atoms with Gasteiger partial charge in [0.05, 0.1) is 21.2 Å². The number of anilines is 1. The quantitative estimate of drug-likeness (QED) is 0.294. The van der Waals surface area contributed by atoms with Gasteiger partial charge in [0.25, 0.3) is 5.91 Å². The molecule has 0 bridgehead atoms. The molecule has 1 aliphatic heterocycles. The standard InChI is InChI=1S/C27H25ClF3N3O2S/c1-16(2)15-34-25(35)24(37-26(34)32-18-6-8-19(9-7-18)33(3)4)14-20-10-12-23(36-20)17-5-11-22(28)21(13-17)27(29,30)31/h5-14,16H,15H2,1-4H3. The van der Waals surface area contributed by atoms with Gasteiger partial charge in [-0.1, -0.05) is 25.4 Å². The Morgan fingerprint density at radius 3 is 2.43 bits per heavy atom. The van der Waals surface area contributed by atoms with Gasteiger partial charge in [-0.25, -0.2) is 4.99 Å². The lowest BCUT2D eigenvalue weighted by atomic mass is 10.1. The molecule has 0 radical (unpaired) electrons. The summed E-state index contributed by atoms with van der Waals surface area (Å²) in [6, 6.07) is 14.5. The second kappa shape index (κ2) is 10.7. The highest BCUT2D eigenvalue weighted by Gasteiger charge is 2.35. The van der Waals surface area contributed by atoms with Crippen molar-refractivity contribution in [1.82, 2.24) is 4.90 Å². The Labute approximate surface area is 222 Å². The number of halogens is 4. The van der Waals surface area contributed by atoms with Gasteiger partial charge >= 0.3 is 6.18 Å². The van der Waals surface area contributed by atoms with Gasteiger partial charge in [-0.05, 0) is 72.3 Å². The molecule has 0 saturated carbocycles. The number of alkyl halides is 3. The maximum absolute atomic E-state index is 13.3. The van der Waals surface area contributed by atoms with Crippen LogP contribution in [0.2, 0.25) is 5.02 Å². The Hall–Kier alpha value is -3.17. The van der Waals surface area contributed by atoms with Crippen LogP contribution < -0.4 is 4.90 Å². The monoisotopic (exact) mass is 547 g/mol.